The first-order valence-corrected chi connectivity index (χ1v) is 5.39. The Morgan fingerprint density at radius 1 is 1.38 bits per heavy atom. The SMILES string of the molecule is CONC(=O)[C@@]12CC[C@](C)(C(=O)O1)C2(C)C. The topological polar surface area (TPSA) is 64.6 Å². The van der Waals surface area contributed by atoms with Crippen molar-refractivity contribution in [3.8, 4) is 0 Å². The number of ether oxygens (including phenoxy) is 1. The maximum Gasteiger partial charge on any atom is 0.313 e. The van der Waals surface area contributed by atoms with Crippen molar-refractivity contribution in [1.29, 1.82) is 0 Å². The van der Waals surface area contributed by atoms with Crippen LogP contribution < -0.4 is 5.48 Å². The zero-order chi connectivity index (χ0) is 12.2. The third-order valence-corrected chi connectivity index (χ3v) is 4.65. The summed E-state index contributed by atoms with van der Waals surface area (Å²) in [7, 11) is 1.37. The molecule has 1 saturated heterocycles. The molecule has 2 atom stereocenters. The summed E-state index contributed by atoms with van der Waals surface area (Å²) in [5.41, 5.74) is 0.123. The van der Waals surface area contributed by atoms with Gasteiger partial charge in [0.05, 0.1) is 12.5 Å². The Bertz CT molecular complexity index is 365. The lowest BCUT2D eigenvalue weighted by Gasteiger charge is -2.34. The highest BCUT2D eigenvalue weighted by molar-refractivity contribution is 5.95. The molecule has 2 fully saturated rings. The Labute approximate surface area is 94.4 Å². The van der Waals surface area contributed by atoms with Crippen LogP contribution in [-0.2, 0) is 19.2 Å². The van der Waals surface area contributed by atoms with E-state index in [2.05, 4.69) is 10.3 Å². The number of esters is 1. The highest BCUT2D eigenvalue weighted by atomic mass is 16.6. The van der Waals surface area contributed by atoms with Gasteiger partial charge in [0.15, 0.2) is 5.60 Å². The number of nitrogens with one attached hydrogen (secondary N) is 1. The van der Waals surface area contributed by atoms with Gasteiger partial charge in [0.1, 0.15) is 0 Å². The van der Waals surface area contributed by atoms with E-state index >= 15 is 0 Å². The van der Waals surface area contributed by atoms with E-state index in [0.29, 0.717) is 12.8 Å². The molecule has 2 rings (SSSR count). The zero-order valence-corrected chi connectivity index (χ0v) is 10.0. The molecule has 0 spiro atoms. The van der Waals surface area contributed by atoms with E-state index < -0.39 is 16.4 Å². The minimum absolute atomic E-state index is 0.282. The van der Waals surface area contributed by atoms with Gasteiger partial charge in [0, 0.05) is 5.41 Å². The van der Waals surface area contributed by atoms with Gasteiger partial charge in [-0.05, 0) is 19.8 Å². The molecule has 1 heterocycles. The molecule has 1 N–H and O–H groups in total. The number of hydroxylamine groups is 1. The fourth-order valence-electron chi connectivity index (χ4n) is 2.92. The molecular weight excluding hydrogens is 210 g/mol. The largest absolute Gasteiger partial charge is 0.448 e. The van der Waals surface area contributed by atoms with Crippen LogP contribution in [-0.4, -0.2) is 24.6 Å². The lowest BCUT2D eigenvalue weighted by atomic mass is 9.66. The quantitative estimate of drug-likeness (QED) is 0.559. The molecule has 2 aliphatic rings. The summed E-state index contributed by atoms with van der Waals surface area (Å²) < 4.78 is 5.35. The highest BCUT2D eigenvalue weighted by Gasteiger charge is 2.75. The maximum atomic E-state index is 12.0. The predicted molar refractivity (Wildman–Crippen MR) is 55.1 cm³/mol. The van der Waals surface area contributed by atoms with Crippen LogP contribution in [0.2, 0.25) is 0 Å². The van der Waals surface area contributed by atoms with Crippen molar-refractivity contribution in [2.75, 3.05) is 7.11 Å². The van der Waals surface area contributed by atoms with E-state index in [4.69, 9.17) is 4.74 Å². The standard InChI is InChI=1S/C11H17NO4/c1-9(2)10(3)5-6-11(9,16-8(10)14)7(13)12-15-4/h5-6H2,1-4H3,(H,12,13)/t10-,11-/m1/s1. The fraction of sp³-hybridized carbons (Fsp3) is 0.818. The van der Waals surface area contributed by atoms with Crippen molar-refractivity contribution < 1.29 is 19.2 Å². The van der Waals surface area contributed by atoms with E-state index in [-0.39, 0.29) is 11.9 Å². The Kier molecular flexibility index (Phi) is 2.11. The summed E-state index contributed by atoms with van der Waals surface area (Å²) >= 11 is 0. The first kappa shape index (κ1) is 11.4. The highest BCUT2D eigenvalue weighted by Crippen LogP contribution is 2.65. The molecule has 1 saturated carbocycles. The Hall–Kier alpha value is -1.10. The Morgan fingerprint density at radius 2 is 2.00 bits per heavy atom. The number of fused-ring (bicyclic) bond motifs is 2. The second kappa shape index (κ2) is 2.97. The van der Waals surface area contributed by atoms with Gasteiger partial charge < -0.3 is 4.74 Å². The predicted octanol–water partition coefficient (Wildman–Crippen LogP) is 0.786. The molecule has 0 aromatic heterocycles. The third-order valence-electron chi connectivity index (χ3n) is 4.65. The minimum Gasteiger partial charge on any atom is -0.448 e. The van der Waals surface area contributed by atoms with Crippen molar-refractivity contribution >= 4 is 11.9 Å². The van der Waals surface area contributed by atoms with Crippen molar-refractivity contribution in [1.82, 2.24) is 5.48 Å². The number of carbonyl (C=O) groups excluding carboxylic acids is 2. The number of rotatable bonds is 2. The first-order chi connectivity index (χ1) is 7.32. The summed E-state index contributed by atoms with van der Waals surface area (Å²) in [6, 6.07) is 0. The fourth-order valence-corrected chi connectivity index (χ4v) is 2.92. The van der Waals surface area contributed by atoms with Crippen molar-refractivity contribution in [2.45, 2.75) is 39.2 Å². The van der Waals surface area contributed by atoms with Gasteiger partial charge >= 0.3 is 5.97 Å². The van der Waals surface area contributed by atoms with Crippen LogP contribution in [0.3, 0.4) is 0 Å². The van der Waals surface area contributed by atoms with Crippen LogP contribution in [0.15, 0.2) is 0 Å². The van der Waals surface area contributed by atoms with E-state index in [1.165, 1.54) is 7.11 Å². The molecule has 0 radical (unpaired) electrons. The molecule has 0 unspecified atom stereocenters. The van der Waals surface area contributed by atoms with Gasteiger partial charge in [0.2, 0.25) is 0 Å². The summed E-state index contributed by atoms with van der Waals surface area (Å²) in [5, 5.41) is 0. The molecule has 90 valence electrons. The molecule has 1 amide bonds. The molecule has 1 aliphatic carbocycles. The van der Waals surface area contributed by atoms with E-state index in [0.717, 1.165) is 0 Å². The van der Waals surface area contributed by atoms with Crippen LogP contribution in [0, 0.1) is 10.8 Å². The van der Waals surface area contributed by atoms with Crippen molar-refractivity contribution in [3.63, 3.8) is 0 Å². The smallest absolute Gasteiger partial charge is 0.313 e. The average molecular weight is 227 g/mol. The number of hydrogen-bond donors (Lipinski definition) is 1. The summed E-state index contributed by atoms with van der Waals surface area (Å²) in [6.07, 6.45) is 1.23. The normalized spacial score (nSPS) is 39.6. The Morgan fingerprint density at radius 3 is 2.38 bits per heavy atom. The molecule has 1 aliphatic heterocycles. The maximum absolute atomic E-state index is 12.0. The number of carbonyl (C=O) groups is 2. The second-order valence-electron chi connectivity index (χ2n) is 5.31. The minimum atomic E-state index is -1.07. The molecule has 5 heteroatoms. The lowest BCUT2D eigenvalue weighted by Crippen LogP contribution is -2.53. The van der Waals surface area contributed by atoms with Gasteiger partial charge in [-0.1, -0.05) is 13.8 Å². The first-order valence-electron chi connectivity index (χ1n) is 5.39. The van der Waals surface area contributed by atoms with Gasteiger partial charge in [-0.3, -0.25) is 14.4 Å². The summed E-state index contributed by atoms with van der Waals surface area (Å²) in [5.74, 6) is -0.649. The van der Waals surface area contributed by atoms with E-state index in [1.54, 1.807) is 0 Å². The number of amides is 1. The monoisotopic (exact) mass is 227 g/mol. The molecule has 2 bridgehead atoms. The summed E-state index contributed by atoms with van der Waals surface area (Å²) in [4.78, 5) is 28.5. The van der Waals surface area contributed by atoms with Crippen LogP contribution in [0.5, 0.6) is 0 Å². The summed E-state index contributed by atoms with van der Waals surface area (Å²) in [6.45, 7) is 5.67. The van der Waals surface area contributed by atoms with Crippen LogP contribution in [0.1, 0.15) is 33.6 Å². The van der Waals surface area contributed by atoms with Gasteiger partial charge in [-0.2, -0.15) is 0 Å². The third kappa shape index (κ3) is 0.948. The van der Waals surface area contributed by atoms with Gasteiger partial charge in [0.25, 0.3) is 5.91 Å². The van der Waals surface area contributed by atoms with E-state index in [9.17, 15) is 9.59 Å². The number of hydrogen-bond acceptors (Lipinski definition) is 4. The molecule has 5 nitrogen and oxygen atoms in total. The molecule has 0 aromatic rings. The van der Waals surface area contributed by atoms with Crippen molar-refractivity contribution in [2.24, 2.45) is 10.8 Å². The Balaban J connectivity index is 2.44. The molecular formula is C11H17NO4. The zero-order valence-electron chi connectivity index (χ0n) is 10.0. The van der Waals surface area contributed by atoms with Gasteiger partial charge in [-0.15, -0.1) is 0 Å². The molecule has 16 heavy (non-hydrogen) atoms. The molecule has 0 aromatic carbocycles. The lowest BCUT2D eigenvalue weighted by molar-refractivity contribution is -0.173. The van der Waals surface area contributed by atoms with Gasteiger partial charge in [-0.25, -0.2) is 5.48 Å². The average Bonchev–Trinajstić information content (AvgIpc) is 2.48. The van der Waals surface area contributed by atoms with Crippen LogP contribution in [0.4, 0.5) is 0 Å². The van der Waals surface area contributed by atoms with Crippen LogP contribution in [0.25, 0.3) is 0 Å². The van der Waals surface area contributed by atoms with E-state index in [1.807, 2.05) is 20.8 Å². The van der Waals surface area contributed by atoms with Crippen LogP contribution >= 0.6 is 0 Å². The van der Waals surface area contributed by atoms with Crippen molar-refractivity contribution in [3.05, 3.63) is 0 Å². The second-order valence-corrected chi connectivity index (χ2v) is 5.31.